The van der Waals surface area contributed by atoms with E-state index in [2.05, 4.69) is 22.3 Å². The summed E-state index contributed by atoms with van der Waals surface area (Å²) in [4.78, 5) is 19.7. The van der Waals surface area contributed by atoms with Crippen LogP contribution in [0.3, 0.4) is 0 Å². The summed E-state index contributed by atoms with van der Waals surface area (Å²) in [6, 6.07) is 4.43. The Labute approximate surface area is 190 Å². The molecule has 2 aliphatic heterocycles. The zero-order chi connectivity index (χ0) is 22.6. The van der Waals surface area contributed by atoms with Crippen molar-refractivity contribution >= 4 is 23.2 Å². The van der Waals surface area contributed by atoms with Gasteiger partial charge in [0.25, 0.3) is 5.91 Å². The smallest absolute Gasteiger partial charge is 0.258 e. The maximum Gasteiger partial charge on any atom is 0.258 e. The van der Waals surface area contributed by atoms with Gasteiger partial charge in [0.15, 0.2) is 5.65 Å². The third-order valence-corrected chi connectivity index (χ3v) is 6.83. The summed E-state index contributed by atoms with van der Waals surface area (Å²) >= 11 is 6.32. The molecule has 0 bridgehead atoms. The predicted octanol–water partition coefficient (Wildman–Crippen LogP) is 3.81. The average Bonchev–Trinajstić information content (AvgIpc) is 3.31. The second-order valence-corrected chi connectivity index (χ2v) is 9.06. The number of aromatic nitrogens is 3. The number of amides is 1. The van der Waals surface area contributed by atoms with Gasteiger partial charge in [-0.15, -0.1) is 0 Å². The minimum absolute atomic E-state index is 0.0560. The Morgan fingerprint density at radius 2 is 2.12 bits per heavy atom. The first kappa shape index (κ1) is 21.2. The molecule has 2 aliphatic rings. The summed E-state index contributed by atoms with van der Waals surface area (Å²) in [5, 5.41) is 8.60. The molecule has 0 spiro atoms. The lowest BCUT2D eigenvalue weighted by molar-refractivity contribution is 0.0738. The second kappa shape index (κ2) is 8.01. The van der Waals surface area contributed by atoms with Crippen LogP contribution in [0.5, 0.6) is 5.75 Å². The zero-order valence-electron chi connectivity index (χ0n) is 18.3. The largest absolute Gasteiger partial charge is 0.489 e. The molecule has 1 fully saturated rings. The Kier molecular flexibility index (Phi) is 5.29. The van der Waals surface area contributed by atoms with Gasteiger partial charge in [-0.05, 0) is 52.3 Å². The molecular formula is C23H25ClFN5O2. The van der Waals surface area contributed by atoms with Gasteiger partial charge in [-0.2, -0.15) is 5.10 Å². The van der Waals surface area contributed by atoms with E-state index in [4.69, 9.17) is 16.3 Å². The highest BCUT2D eigenvalue weighted by atomic mass is 35.5. The molecule has 0 saturated carbocycles. The predicted molar refractivity (Wildman–Crippen MR) is 119 cm³/mol. The normalized spacial score (nSPS) is 20.6. The summed E-state index contributed by atoms with van der Waals surface area (Å²) in [5.74, 6) is -0.335. The fourth-order valence-electron chi connectivity index (χ4n) is 4.57. The van der Waals surface area contributed by atoms with Gasteiger partial charge in [0.1, 0.15) is 17.7 Å². The van der Waals surface area contributed by atoms with E-state index in [1.807, 2.05) is 13.8 Å². The van der Waals surface area contributed by atoms with E-state index < -0.39 is 5.82 Å². The Balaban J connectivity index is 1.42. The molecule has 168 valence electrons. The Bertz CT molecular complexity index is 1230. The van der Waals surface area contributed by atoms with Crippen LogP contribution in [-0.4, -0.2) is 44.1 Å². The van der Waals surface area contributed by atoms with E-state index in [-0.39, 0.29) is 12.0 Å². The summed E-state index contributed by atoms with van der Waals surface area (Å²) in [6.07, 6.45) is 1.57. The number of aryl methyl sites for hydroxylation is 2. The fraction of sp³-hybridized carbons (Fsp3) is 0.435. The molecule has 1 N–H and O–H groups in total. The minimum Gasteiger partial charge on any atom is -0.489 e. The Hall–Kier alpha value is -2.71. The van der Waals surface area contributed by atoms with Gasteiger partial charge in [0, 0.05) is 17.7 Å². The average molecular weight is 458 g/mol. The van der Waals surface area contributed by atoms with Crippen LogP contribution in [0.4, 0.5) is 4.39 Å². The summed E-state index contributed by atoms with van der Waals surface area (Å²) in [6.45, 7) is 7.42. The van der Waals surface area contributed by atoms with E-state index in [1.54, 1.807) is 9.42 Å². The third-order valence-electron chi connectivity index (χ3n) is 6.29. The lowest BCUT2D eigenvalue weighted by Crippen LogP contribution is -2.40. The number of benzene rings is 1. The molecule has 2 atom stereocenters. The maximum absolute atomic E-state index is 14.0. The first-order valence-electron chi connectivity index (χ1n) is 10.8. The van der Waals surface area contributed by atoms with Crippen molar-refractivity contribution < 1.29 is 13.9 Å². The zero-order valence-corrected chi connectivity index (χ0v) is 19.0. The molecule has 7 nitrogen and oxygen atoms in total. The van der Waals surface area contributed by atoms with Gasteiger partial charge < -0.3 is 15.0 Å². The number of hydrogen-bond acceptors (Lipinski definition) is 5. The van der Waals surface area contributed by atoms with Crippen LogP contribution in [0, 0.1) is 19.7 Å². The molecule has 9 heteroatoms. The quantitative estimate of drug-likeness (QED) is 0.647. The van der Waals surface area contributed by atoms with E-state index >= 15 is 0 Å². The molecule has 4 heterocycles. The van der Waals surface area contributed by atoms with Gasteiger partial charge in [0.2, 0.25) is 0 Å². The van der Waals surface area contributed by atoms with Crippen molar-refractivity contribution in [2.75, 3.05) is 6.54 Å². The SMILES string of the molecule is Cc1nc2c3c(nn2c(C)c1Cl)CN(C(=O)c1ccc(F)cc1O[C@H]1CCN[C@@H](C)C1)C3. The van der Waals surface area contributed by atoms with E-state index in [1.165, 1.54) is 18.2 Å². The second-order valence-electron chi connectivity index (χ2n) is 8.68. The summed E-state index contributed by atoms with van der Waals surface area (Å²) in [5.41, 5.74) is 4.35. The van der Waals surface area contributed by atoms with E-state index in [0.29, 0.717) is 41.1 Å². The van der Waals surface area contributed by atoms with Gasteiger partial charge in [-0.1, -0.05) is 11.6 Å². The molecule has 0 unspecified atom stereocenters. The first-order chi connectivity index (χ1) is 15.3. The van der Waals surface area contributed by atoms with Crippen LogP contribution < -0.4 is 10.1 Å². The number of carbonyl (C=O) groups is 1. The van der Waals surface area contributed by atoms with Crippen molar-refractivity contribution in [1.82, 2.24) is 24.8 Å². The van der Waals surface area contributed by atoms with E-state index in [0.717, 1.165) is 42.0 Å². The highest BCUT2D eigenvalue weighted by molar-refractivity contribution is 6.31. The molecule has 0 radical (unpaired) electrons. The molecule has 0 aliphatic carbocycles. The maximum atomic E-state index is 14.0. The molecule has 2 aromatic heterocycles. The number of nitrogens with one attached hydrogen (secondary N) is 1. The van der Waals surface area contributed by atoms with Crippen molar-refractivity contribution in [2.45, 2.75) is 58.8 Å². The number of halogens is 2. The number of carbonyl (C=O) groups excluding carboxylic acids is 1. The number of hydrogen-bond donors (Lipinski definition) is 1. The van der Waals surface area contributed by atoms with Crippen molar-refractivity contribution in [3.8, 4) is 5.75 Å². The van der Waals surface area contributed by atoms with Crippen LogP contribution in [0.1, 0.15) is 52.8 Å². The molecule has 5 rings (SSSR count). The van der Waals surface area contributed by atoms with E-state index in [9.17, 15) is 9.18 Å². The molecule has 32 heavy (non-hydrogen) atoms. The number of piperidine rings is 1. The lowest BCUT2D eigenvalue weighted by atomic mass is 10.0. The summed E-state index contributed by atoms with van der Waals surface area (Å²) in [7, 11) is 0. The number of rotatable bonds is 3. The molecule has 1 saturated heterocycles. The summed E-state index contributed by atoms with van der Waals surface area (Å²) < 4.78 is 21.9. The highest BCUT2D eigenvalue weighted by Crippen LogP contribution is 2.32. The fourth-order valence-corrected chi connectivity index (χ4v) is 4.69. The molecule has 1 amide bonds. The topological polar surface area (TPSA) is 71.8 Å². The van der Waals surface area contributed by atoms with Crippen LogP contribution in [-0.2, 0) is 13.1 Å². The first-order valence-corrected chi connectivity index (χ1v) is 11.2. The number of fused-ring (bicyclic) bond motifs is 3. The number of nitrogens with zero attached hydrogens (tertiary/aromatic N) is 4. The molecular weight excluding hydrogens is 433 g/mol. The molecule has 3 aromatic rings. The van der Waals surface area contributed by atoms with Gasteiger partial charge in [-0.3, -0.25) is 4.79 Å². The van der Waals surface area contributed by atoms with Gasteiger partial charge in [-0.25, -0.2) is 13.9 Å². The van der Waals surface area contributed by atoms with Crippen LogP contribution in [0.2, 0.25) is 5.02 Å². The van der Waals surface area contributed by atoms with Crippen molar-refractivity contribution in [3.05, 3.63) is 57.2 Å². The minimum atomic E-state index is -0.423. The van der Waals surface area contributed by atoms with Crippen LogP contribution in [0.15, 0.2) is 18.2 Å². The molecule has 1 aromatic carbocycles. The number of ether oxygens (including phenoxy) is 1. The monoisotopic (exact) mass is 457 g/mol. The Morgan fingerprint density at radius 1 is 1.31 bits per heavy atom. The Morgan fingerprint density at radius 3 is 2.91 bits per heavy atom. The van der Waals surface area contributed by atoms with Crippen LogP contribution >= 0.6 is 11.6 Å². The van der Waals surface area contributed by atoms with Crippen LogP contribution in [0.25, 0.3) is 5.65 Å². The highest BCUT2D eigenvalue weighted by Gasteiger charge is 2.32. The third kappa shape index (κ3) is 3.61. The van der Waals surface area contributed by atoms with Gasteiger partial charge in [0.05, 0.1) is 40.8 Å². The van der Waals surface area contributed by atoms with Crippen molar-refractivity contribution in [1.29, 1.82) is 0 Å². The lowest BCUT2D eigenvalue weighted by Gasteiger charge is -2.29. The standard InChI is InChI=1S/C23H25ClFN5O2/c1-12-8-16(6-7-26-12)32-20-9-15(25)4-5-17(20)23(31)29-10-18-19(11-29)28-30-14(3)21(24)13(2)27-22(18)30/h4-5,9,12,16,26H,6-8,10-11H2,1-3H3/t12-,16-/m0/s1. The van der Waals surface area contributed by atoms with Crippen molar-refractivity contribution in [2.24, 2.45) is 0 Å². The van der Waals surface area contributed by atoms with Gasteiger partial charge >= 0.3 is 0 Å². The van der Waals surface area contributed by atoms with Crippen molar-refractivity contribution in [3.63, 3.8) is 0 Å².